The number of anilines is 1. The van der Waals surface area contributed by atoms with Crippen molar-refractivity contribution in [1.29, 1.82) is 0 Å². The van der Waals surface area contributed by atoms with Gasteiger partial charge in [0.15, 0.2) is 0 Å². The first-order chi connectivity index (χ1) is 12.1. The van der Waals surface area contributed by atoms with Gasteiger partial charge in [-0.1, -0.05) is 54.6 Å². The van der Waals surface area contributed by atoms with Gasteiger partial charge in [-0.2, -0.15) is 0 Å². The van der Waals surface area contributed by atoms with E-state index in [1.165, 1.54) is 0 Å². The van der Waals surface area contributed by atoms with Gasteiger partial charge in [0.1, 0.15) is 0 Å². The summed E-state index contributed by atoms with van der Waals surface area (Å²) >= 11 is 0. The van der Waals surface area contributed by atoms with Crippen molar-refractivity contribution >= 4 is 28.4 Å². The number of carbonyl (C=O) groups excluding carboxylic acids is 2. The van der Waals surface area contributed by atoms with E-state index >= 15 is 0 Å². The van der Waals surface area contributed by atoms with Crippen LogP contribution in [-0.4, -0.2) is 11.9 Å². The summed E-state index contributed by atoms with van der Waals surface area (Å²) in [6.07, 6.45) is 0.339. The Morgan fingerprint density at radius 1 is 0.840 bits per heavy atom. The Bertz CT molecular complexity index is 904. The monoisotopic (exact) mass is 333 g/mol. The molecule has 126 valence electrons. The molecule has 3 rings (SSSR count). The second-order valence-corrected chi connectivity index (χ2v) is 5.82. The minimum atomic E-state index is -0.601. The second kappa shape index (κ2) is 7.49. The molecule has 3 amide bonds. The number of hydrogen-bond donors (Lipinski definition) is 3. The Labute approximate surface area is 145 Å². The van der Waals surface area contributed by atoms with Crippen LogP contribution in [0.1, 0.15) is 11.1 Å². The zero-order chi connectivity index (χ0) is 17.6. The van der Waals surface area contributed by atoms with Gasteiger partial charge in [-0.25, -0.2) is 4.79 Å². The standard InChI is InChI=1S/C20H19N3O2/c21-20(25)23-18-9-6-14(7-10-18)13-22-19(24)12-15-5-8-16-3-1-2-4-17(16)11-15/h1-11H,12-13H2,(H,22,24)(H3,21,23,25). The van der Waals surface area contributed by atoms with Crippen LogP contribution in [0.2, 0.25) is 0 Å². The Balaban J connectivity index is 1.55. The largest absolute Gasteiger partial charge is 0.352 e. The molecule has 0 aliphatic carbocycles. The van der Waals surface area contributed by atoms with Crippen molar-refractivity contribution < 1.29 is 9.59 Å². The van der Waals surface area contributed by atoms with Gasteiger partial charge in [0.25, 0.3) is 0 Å². The summed E-state index contributed by atoms with van der Waals surface area (Å²) in [4.78, 5) is 22.9. The van der Waals surface area contributed by atoms with Crippen molar-refractivity contribution in [2.24, 2.45) is 5.73 Å². The molecule has 4 N–H and O–H groups in total. The third-order valence-corrected chi connectivity index (χ3v) is 3.89. The Kier molecular flexibility index (Phi) is 4.95. The summed E-state index contributed by atoms with van der Waals surface area (Å²) in [5.41, 5.74) is 7.62. The van der Waals surface area contributed by atoms with Gasteiger partial charge in [-0.05, 0) is 34.0 Å². The zero-order valence-electron chi connectivity index (χ0n) is 13.7. The summed E-state index contributed by atoms with van der Waals surface area (Å²) in [6.45, 7) is 0.434. The summed E-state index contributed by atoms with van der Waals surface area (Å²) in [5, 5.41) is 7.69. The zero-order valence-corrected chi connectivity index (χ0v) is 13.7. The molecule has 5 heteroatoms. The highest BCUT2D eigenvalue weighted by Gasteiger charge is 2.05. The van der Waals surface area contributed by atoms with Crippen molar-refractivity contribution in [1.82, 2.24) is 5.32 Å². The van der Waals surface area contributed by atoms with E-state index in [-0.39, 0.29) is 5.91 Å². The quantitative estimate of drug-likeness (QED) is 0.670. The maximum atomic E-state index is 12.1. The van der Waals surface area contributed by atoms with Crippen LogP contribution in [-0.2, 0) is 17.8 Å². The Hall–Kier alpha value is -3.34. The number of urea groups is 1. The number of fused-ring (bicyclic) bond motifs is 1. The van der Waals surface area contributed by atoms with Gasteiger partial charge in [0, 0.05) is 12.2 Å². The number of carbonyl (C=O) groups is 2. The number of benzene rings is 3. The van der Waals surface area contributed by atoms with Crippen LogP contribution in [0.15, 0.2) is 66.7 Å². The van der Waals surface area contributed by atoms with Crippen molar-refractivity contribution in [2.45, 2.75) is 13.0 Å². The maximum absolute atomic E-state index is 12.1. The number of primary amides is 1. The molecule has 25 heavy (non-hydrogen) atoms. The highest BCUT2D eigenvalue weighted by molar-refractivity contribution is 5.88. The van der Waals surface area contributed by atoms with Crippen LogP contribution in [0.4, 0.5) is 10.5 Å². The van der Waals surface area contributed by atoms with Crippen LogP contribution >= 0.6 is 0 Å². The lowest BCUT2D eigenvalue weighted by Crippen LogP contribution is -2.24. The fourth-order valence-corrected chi connectivity index (χ4v) is 2.65. The third-order valence-electron chi connectivity index (χ3n) is 3.89. The molecule has 3 aromatic carbocycles. The van der Waals surface area contributed by atoms with Crippen LogP contribution in [0, 0.1) is 0 Å². The number of hydrogen-bond acceptors (Lipinski definition) is 2. The molecule has 3 aromatic rings. The number of nitrogens with two attached hydrogens (primary N) is 1. The minimum Gasteiger partial charge on any atom is -0.352 e. The summed E-state index contributed by atoms with van der Waals surface area (Å²) in [7, 11) is 0. The molecular formula is C20H19N3O2. The number of rotatable bonds is 5. The fourth-order valence-electron chi connectivity index (χ4n) is 2.65. The first-order valence-corrected chi connectivity index (χ1v) is 8.00. The summed E-state index contributed by atoms with van der Waals surface area (Å²) < 4.78 is 0. The van der Waals surface area contributed by atoms with E-state index < -0.39 is 6.03 Å². The Morgan fingerprint density at radius 3 is 2.24 bits per heavy atom. The van der Waals surface area contributed by atoms with E-state index in [0.717, 1.165) is 21.9 Å². The van der Waals surface area contributed by atoms with Gasteiger partial charge < -0.3 is 16.4 Å². The van der Waals surface area contributed by atoms with E-state index in [1.807, 2.05) is 48.5 Å². The molecule has 0 saturated heterocycles. The van der Waals surface area contributed by atoms with Crippen molar-refractivity contribution in [3.05, 3.63) is 77.9 Å². The molecular weight excluding hydrogens is 314 g/mol. The summed E-state index contributed by atoms with van der Waals surface area (Å²) in [6, 6.07) is 20.7. The van der Waals surface area contributed by atoms with Crippen molar-refractivity contribution in [2.75, 3.05) is 5.32 Å². The molecule has 0 radical (unpaired) electrons. The first-order valence-electron chi connectivity index (χ1n) is 8.00. The lowest BCUT2D eigenvalue weighted by Gasteiger charge is -2.08. The molecule has 0 unspecified atom stereocenters. The lowest BCUT2D eigenvalue weighted by atomic mass is 10.0. The molecule has 0 fully saturated rings. The van der Waals surface area contributed by atoms with Gasteiger partial charge >= 0.3 is 6.03 Å². The van der Waals surface area contributed by atoms with Gasteiger partial charge in [0.2, 0.25) is 5.91 Å². The van der Waals surface area contributed by atoms with E-state index in [4.69, 9.17) is 5.73 Å². The lowest BCUT2D eigenvalue weighted by molar-refractivity contribution is -0.120. The smallest absolute Gasteiger partial charge is 0.316 e. The van der Waals surface area contributed by atoms with Crippen molar-refractivity contribution in [3.63, 3.8) is 0 Å². The minimum absolute atomic E-state index is 0.0328. The maximum Gasteiger partial charge on any atom is 0.316 e. The molecule has 0 heterocycles. The van der Waals surface area contributed by atoms with E-state index in [1.54, 1.807) is 12.1 Å². The van der Waals surface area contributed by atoms with Crippen LogP contribution < -0.4 is 16.4 Å². The van der Waals surface area contributed by atoms with E-state index in [9.17, 15) is 9.59 Å². The van der Waals surface area contributed by atoms with Crippen LogP contribution in [0.3, 0.4) is 0 Å². The topological polar surface area (TPSA) is 84.2 Å². The number of amides is 3. The molecule has 0 aliphatic heterocycles. The molecule has 0 bridgehead atoms. The van der Waals surface area contributed by atoms with E-state index in [0.29, 0.717) is 18.7 Å². The second-order valence-electron chi connectivity index (χ2n) is 5.82. The highest BCUT2D eigenvalue weighted by atomic mass is 16.2. The van der Waals surface area contributed by atoms with E-state index in [2.05, 4.69) is 16.7 Å². The average Bonchev–Trinajstić information content (AvgIpc) is 2.60. The van der Waals surface area contributed by atoms with Gasteiger partial charge in [-0.3, -0.25) is 4.79 Å². The predicted octanol–water partition coefficient (Wildman–Crippen LogP) is 3.19. The third kappa shape index (κ3) is 4.57. The molecule has 0 spiro atoms. The van der Waals surface area contributed by atoms with Gasteiger partial charge in [-0.15, -0.1) is 0 Å². The van der Waals surface area contributed by atoms with Crippen LogP contribution in [0.25, 0.3) is 10.8 Å². The Morgan fingerprint density at radius 2 is 1.52 bits per heavy atom. The normalized spacial score (nSPS) is 10.4. The fraction of sp³-hybridized carbons (Fsp3) is 0.100. The average molecular weight is 333 g/mol. The van der Waals surface area contributed by atoms with Crippen LogP contribution in [0.5, 0.6) is 0 Å². The van der Waals surface area contributed by atoms with Gasteiger partial charge in [0.05, 0.1) is 6.42 Å². The SMILES string of the molecule is NC(=O)Nc1ccc(CNC(=O)Cc2ccc3ccccc3c2)cc1. The predicted molar refractivity (Wildman–Crippen MR) is 99.1 cm³/mol. The molecule has 0 aliphatic rings. The summed E-state index contributed by atoms with van der Waals surface area (Å²) in [5.74, 6) is -0.0328. The highest BCUT2D eigenvalue weighted by Crippen LogP contribution is 2.16. The number of nitrogens with one attached hydrogen (secondary N) is 2. The molecule has 0 saturated carbocycles. The molecule has 5 nitrogen and oxygen atoms in total. The first kappa shape index (κ1) is 16.5. The molecule has 0 aromatic heterocycles. The molecule has 0 atom stereocenters. The van der Waals surface area contributed by atoms with Crippen molar-refractivity contribution in [3.8, 4) is 0 Å².